The van der Waals surface area contributed by atoms with Crippen molar-refractivity contribution in [1.29, 1.82) is 0 Å². The number of benzene rings is 1. The second kappa shape index (κ2) is 6.67. The predicted octanol–water partition coefficient (Wildman–Crippen LogP) is 4.89. The number of nitrogens with one attached hydrogen (secondary N) is 1. The Morgan fingerprint density at radius 2 is 1.96 bits per heavy atom. The molecule has 1 aliphatic carbocycles. The molecule has 0 fully saturated rings. The van der Waals surface area contributed by atoms with E-state index in [1.165, 1.54) is 22.5 Å². The van der Waals surface area contributed by atoms with Crippen molar-refractivity contribution in [2.75, 3.05) is 0 Å². The number of pyridine rings is 1. The van der Waals surface area contributed by atoms with Crippen LogP contribution in [0, 0.1) is 0 Å². The average molecular weight is 373 g/mol. The highest BCUT2D eigenvalue weighted by atomic mass is 32.1. The smallest absolute Gasteiger partial charge is 0.264 e. The van der Waals surface area contributed by atoms with Crippen molar-refractivity contribution in [1.82, 2.24) is 14.9 Å². The van der Waals surface area contributed by atoms with Crippen LogP contribution in [0.4, 0.5) is 0 Å². The Labute approximate surface area is 161 Å². The number of hydrogen-bond donors (Lipinski definition) is 1. The van der Waals surface area contributed by atoms with E-state index in [9.17, 15) is 4.79 Å². The van der Waals surface area contributed by atoms with Crippen LogP contribution in [0.5, 0.6) is 0 Å². The quantitative estimate of drug-likeness (QED) is 0.555. The van der Waals surface area contributed by atoms with E-state index in [2.05, 4.69) is 34.6 Å². The van der Waals surface area contributed by atoms with Crippen molar-refractivity contribution >= 4 is 27.5 Å². The van der Waals surface area contributed by atoms with Crippen molar-refractivity contribution in [2.24, 2.45) is 0 Å². The highest BCUT2D eigenvalue weighted by Gasteiger charge is 2.25. The van der Waals surface area contributed by atoms with Crippen molar-refractivity contribution in [3.8, 4) is 5.69 Å². The van der Waals surface area contributed by atoms with E-state index < -0.39 is 0 Å². The van der Waals surface area contributed by atoms with Gasteiger partial charge in [-0.3, -0.25) is 4.79 Å². The lowest BCUT2D eigenvalue weighted by atomic mass is 9.88. The maximum atomic E-state index is 13.3. The van der Waals surface area contributed by atoms with Gasteiger partial charge in [-0.2, -0.15) is 0 Å². The SMILES string of the molecule is O=C(N[C@@H]1CCCc2ccccc21)c1sc2ncccc2c1-n1cccc1. The summed E-state index contributed by atoms with van der Waals surface area (Å²) in [4.78, 5) is 19.3. The maximum Gasteiger partial charge on any atom is 0.264 e. The van der Waals surface area contributed by atoms with Crippen LogP contribution in [0.1, 0.15) is 39.7 Å². The van der Waals surface area contributed by atoms with Crippen molar-refractivity contribution in [3.63, 3.8) is 0 Å². The lowest BCUT2D eigenvalue weighted by Crippen LogP contribution is -2.31. The van der Waals surface area contributed by atoms with Gasteiger partial charge in [0.1, 0.15) is 9.71 Å². The minimum absolute atomic E-state index is 0.0246. The van der Waals surface area contributed by atoms with E-state index in [4.69, 9.17) is 0 Å². The lowest BCUT2D eigenvalue weighted by molar-refractivity contribution is 0.0937. The molecule has 0 unspecified atom stereocenters. The molecule has 5 rings (SSSR count). The minimum Gasteiger partial charge on any atom is -0.344 e. The first-order valence-electron chi connectivity index (χ1n) is 9.21. The first-order valence-corrected chi connectivity index (χ1v) is 10.0. The zero-order chi connectivity index (χ0) is 18.2. The van der Waals surface area contributed by atoms with Gasteiger partial charge < -0.3 is 9.88 Å². The van der Waals surface area contributed by atoms with E-state index in [0.29, 0.717) is 4.88 Å². The van der Waals surface area contributed by atoms with Crippen molar-refractivity contribution < 1.29 is 4.79 Å². The van der Waals surface area contributed by atoms with Crippen LogP contribution >= 0.6 is 11.3 Å². The molecule has 1 atom stereocenters. The lowest BCUT2D eigenvalue weighted by Gasteiger charge is -2.26. The van der Waals surface area contributed by atoms with Crippen LogP contribution in [0.3, 0.4) is 0 Å². The molecule has 3 aromatic heterocycles. The number of rotatable bonds is 3. The number of carbonyl (C=O) groups excluding carboxylic acids is 1. The van der Waals surface area contributed by atoms with Crippen LogP contribution in [-0.2, 0) is 6.42 Å². The zero-order valence-electron chi connectivity index (χ0n) is 14.8. The molecule has 1 amide bonds. The Kier molecular flexibility index (Phi) is 4.02. The van der Waals surface area contributed by atoms with Crippen molar-refractivity contribution in [2.45, 2.75) is 25.3 Å². The topological polar surface area (TPSA) is 46.9 Å². The number of aryl methyl sites for hydroxylation is 1. The standard InChI is InChI=1S/C22H19N3OS/c26-21(24-18-11-5-8-15-7-1-2-9-16(15)18)20-19(25-13-3-4-14-25)17-10-6-12-23-22(17)27-20/h1-4,6-7,9-10,12-14,18H,5,8,11H2,(H,24,26)/t18-/m1/s1. The number of carbonyl (C=O) groups is 1. The molecule has 3 heterocycles. The molecule has 27 heavy (non-hydrogen) atoms. The molecule has 134 valence electrons. The number of aromatic nitrogens is 2. The Bertz CT molecular complexity index is 1110. The number of thiophene rings is 1. The summed E-state index contributed by atoms with van der Waals surface area (Å²) in [5.74, 6) is -0.0246. The van der Waals surface area contributed by atoms with Crippen LogP contribution in [0.25, 0.3) is 15.9 Å². The van der Waals surface area contributed by atoms with Gasteiger partial charge >= 0.3 is 0 Å². The summed E-state index contributed by atoms with van der Waals surface area (Å²) in [6.45, 7) is 0. The van der Waals surface area contributed by atoms with E-state index in [1.807, 2.05) is 41.2 Å². The molecule has 0 bridgehead atoms. The molecule has 0 saturated heterocycles. The molecule has 1 aliphatic rings. The van der Waals surface area contributed by atoms with E-state index >= 15 is 0 Å². The zero-order valence-corrected chi connectivity index (χ0v) is 15.6. The number of hydrogen-bond acceptors (Lipinski definition) is 3. The van der Waals surface area contributed by atoms with Gasteiger partial charge in [0.25, 0.3) is 5.91 Å². The fraction of sp³-hybridized carbons (Fsp3) is 0.182. The normalized spacial score (nSPS) is 16.2. The van der Waals surface area contributed by atoms with Gasteiger partial charge in [-0.25, -0.2) is 4.98 Å². The highest BCUT2D eigenvalue weighted by molar-refractivity contribution is 7.21. The summed E-state index contributed by atoms with van der Waals surface area (Å²) in [5.41, 5.74) is 3.51. The van der Waals surface area contributed by atoms with E-state index in [1.54, 1.807) is 6.20 Å². The molecule has 5 heteroatoms. The van der Waals surface area contributed by atoms with Crippen LogP contribution in [0.2, 0.25) is 0 Å². The van der Waals surface area contributed by atoms with E-state index in [0.717, 1.165) is 35.2 Å². The summed E-state index contributed by atoms with van der Waals surface area (Å²) in [6, 6.07) is 16.4. The maximum absolute atomic E-state index is 13.3. The largest absolute Gasteiger partial charge is 0.344 e. The molecule has 0 radical (unpaired) electrons. The number of fused-ring (bicyclic) bond motifs is 2. The van der Waals surface area contributed by atoms with Gasteiger partial charge in [0.05, 0.1) is 11.7 Å². The molecule has 0 aliphatic heterocycles. The third-order valence-corrected chi connectivity index (χ3v) is 6.29. The molecule has 0 spiro atoms. The molecule has 4 aromatic rings. The Morgan fingerprint density at radius 1 is 1.11 bits per heavy atom. The molecule has 1 N–H and O–H groups in total. The average Bonchev–Trinajstić information content (AvgIpc) is 3.35. The van der Waals surface area contributed by atoms with Crippen LogP contribution in [-0.4, -0.2) is 15.5 Å². The summed E-state index contributed by atoms with van der Waals surface area (Å²) < 4.78 is 2.00. The minimum atomic E-state index is -0.0246. The first kappa shape index (κ1) is 16.3. The fourth-order valence-electron chi connectivity index (χ4n) is 3.94. The van der Waals surface area contributed by atoms with Gasteiger partial charge in [0.15, 0.2) is 0 Å². The van der Waals surface area contributed by atoms with Crippen LogP contribution < -0.4 is 5.32 Å². The summed E-state index contributed by atoms with van der Waals surface area (Å²) in [5, 5.41) is 4.29. The summed E-state index contributed by atoms with van der Waals surface area (Å²) >= 11 is 1.46. The van der Waals surface area contributed by atoms with E-state index in [-0.39, 0.29) is 11.9 Å². The number of amides is 1. The predicted molar refractivity (Wildman–Crippen MR) is 109 cm³/mol. The second-order valence-corrected chi connectivity index (χ2v) is 7.84. The Hall–Kier alpha value is -2.92. The Morgan fingerprint density at radius 3 is 2.85 bits per heavy atom. The molecular weight excluding hydrogens is 354 g/mol. The highest BCUT2D eigenvalue weighted by Crippen LogP contribution is 2.35. The van der Waals surface area contributed by atoms with Gasteiger partial charge in [-0.15, -0.1) is 11.3 Å². The monoisotopic (exact) mass is 373 g/mol. The summed E-state index contributed by atoms with van der Waals surface area (Å²) in [7, 11) is 0. The van der Waals surface area contributed by atoms with Gasteiger partial charge in [0.2, 0.25) is 0 Å². The van der Waals surface area contributed by atoms with Crippen LogP contribution in [0.15, 0.2) is 67.1 Å². The molecule has 4 nitrogen and oxygen atoms in total. The van der Waals surface area contributed by atoms with Crippen molar-refractivity contribution in [3.05, 3.63) is 83.1 Å². The third-order valence-electron chi connectivity index (χ3n) is 5.18. The van der Waals surface area contributed by atoms with Gasteiger partial charge in [0, 0.05) is 24.0 Å². The Balaban J connectivity index is 1.55. The fourth-order valence-corrected chi connectivity index (χ4v) is 4.99. The molecule has 1 aromatic carbocycles. The second-order valence-electron chi connectivity index (χ2n) is 6.84. The third kappa shape index (κ3) is 2.84. The summed E-state index contributed by atoms with van der Waals surface area (Å²) in [6.07, 6.45) is 8.88. The first-order chi connectivity index (χ1) is 13.3. The molecular formula is C22H19N3OS. The number of nitrogens with zero attached hydrogens (tertiary/aromatic N) is 2. The molecule has 0 saturated carbocycles. The van der Waals surface area contributed by atoms with Gasteiger partial charge in [-0.1, -0.05) is 24.3 Å². The van der Waals surface area contributed by atoms with Gasteiger partial charge in [-0.05, 0) is 54.7 Å².